The van der Waals surface area contributed by atoms with Crippen LogP contribution < -0.4 is 5.32 Å². The second-order valence-electron chi connectivity index (χ2n) is 10.4. The molecule has 1 saturated carbocycles. The fourth-order valence-corrected chi connectivity index (χ4v) is 5.36. The Morgan fingerprint density at radius 1 is 1.09 bits per heavy atom. The number of carboxylic acid groups (broad SMARTS) is 1. The number of hydrogen-bond acceptors (Lipinski definition) is 4. The van der Waals surface area contributed by atoms with Crippen molar-refractivity contribution >= 4 is 18.0 Å². The molecule has 186 valence electrons. The highest BCUT2D eigenvalue weighted by Crippen LogP contribution is 2.54. The van der Waals surface area contributed by atoms with Crippen LogP contribution in [0.15, 0.2) is 48.5 Å². The van der Waals surface area contributed by atoms with E-state index in [1.165, 1.54) is 0 Å². The molecule has 0 radical (unpaired) electrons. The summed E-state index contributed by atoms with van der Waals surface area (Å²) in [4.78, 5) is 38.8. The summed E-state index contributed by atoms with van der Waals surface area (Å²) in [5.41, 5.74) is 4.64. The Bertz CT molecular complexity index is 1080. The second-order valence-corrected chi connectivity index (χ2v) is 10.4. The van der Waals surface area contributed by atoms with Gasteiger partial charge in [-0.1, -0.05) is 62.4 Å². The number of likely N-dealkylation sites (N-methyl/N-ethyl adjacent to an activating group) is 1. The van der Waals surface area contributed by atoms with E-state index >= 15 is 0 Å². The molecule has 4 rings (SSSR count). The van der Waals surface area contributed by atoms with Crippen molar-refractivity contribution in [2.24, 2.45) is 11.3 Å². The van der Waals surface area contributed by atoms with E-state index in [1.807, 2.05) is 43.3 Å². The van der Waals surface area contributed by atoms with Crippen LogP contribution in [0.4, 0.5) is 4.79 Å². The lowest BCUT2D eigenvalue weighted by molar-refractivity contribution is -0.138. The Kier molecular flexibility index (Phi) is 6.88. The Morgan fingerprint density at radius 3 is 2.14 bits per heavy atom. The van der Waals surface area contributed by atoms with E-state index in [9.17, 15) is 14.4 Å². The molecule has 0 bridgehead atoms. The number of nitrogens with zero attached hydrogens (tertiary/aromatic N) is 1. The number of hydrogen-bond donors (Lipinski definition) is 2. The highest BCUT2D eigenvalue weighted by atomic mass is 16.5. The molecule has 0 saturated heterocycles. The molecule has 2 aliphatic rings. The number of benzene rings is 2. The van der Waals surface area contributed by atoms with Gasteiger partial charge in [-0.05, 0) is 53.4 Å². The van der Waals surface area contributed by atoms with E-state index in [1.54, 1.807) is 11.9 Å². The van der Waals surface area contributed by atoms with E-state index in [0.29, 0.717) is 5.92 Å². The van der Waals surface area contributed by atoms with Crippen molar-refractivity contribution in [1.29, 1.82) is 0 Å². The molecular formula is C28H34N2O5. The van der Waals surface area contributed by atoms with Crippen LogP contribution in [0.2, 0.25) is 0 Å². The molecule has 3 atom stereocenters. The molecule has 2 amide bonds. The van der Waals surface area contributed by atoms with Gasteiger partial charge in [0.05, 0.1) is 0 Å². The molecule has 0 heterocycles. The number of carboxylic acids is 1. The highest BCUT2D eigenvalue weighted by Gasteiger charge is 2.50. The summed E-state index contributed by atoms with van der Waals surface area (Å²) in [5, 5.41) is 11.8. The zero-order valence-electron chi connectivity index (χ0n) is 20.8. The molecule has 0 aromatic heterocycles. The Morgan fingerprint density at radius 2 is 1.63 bits per heavy atom. The zero-order chi connectivity index (χ0) is 25.3. The van der Waals surface area contributed by atoms with Crippen molar-refractivity contribution in [1.82, 2.24) is 10.2 Å². The molecule has 7 nitrogen and oxygen atoms in total. The van der Waals surface area contributed by atoms with E-state index in [0.717, 1.165) is 28.7 Å². The molecule has 3 unspecified atom stereocenters. The van der Waals surface area contributed by atoms with Crippen molar-refractivity contribution in [2.75, 3.05) is 13.7 Å². The highest BCUT2D eigenvalue weighted by molar-refractivity contribution is 5.86. The maximum Gasteiger partial charge on any atom is 0.407 e. The van der Waals surface area contributed by atoms with Gasteiger partial charge in [0.2, 0.25) is 5.91 Å². The van der Waals surface area contributed by atoms with E-state index in [4.69, 9.17) is 9.84 Å². The van der Waals surface area contributed by atoms with Crippen LogP contribution >= 0.6 is 0 Å². The standard InChI is InChI=1S/C28H34N2O5/c1-17(23-15-28(23,2)3)30(4)26(33)24(13-14-25(31)32)29-27(34)35-16-22-20-11-7-5-9-18(20)19-10-6-8-12-21(19)22/h5-12,17,22-24H,13-16H2,1-4H3,(H,29,34)(H,31,32). The number of ether oxygens (including phenoxy) is 1. The van der Waals surface area contributed by atoms with Crippen molar-refractivity contribution in [3.63, 3.8) is 0 Å². The summed E-state index contributed by atoms with van der Waals surface area (Å²) >= 11 is 0. The maximum absolute atomic E-state index is 13.2. The van der Waals surface area contributed by atoms with Gasteiger partial charge in [0.25, 0.3) is 0 Å². The number of rotatable bonds is 9. The van der Waals surface area contributed by atoms with Gasteiger partial charge < -0.3 is 20.1 Å². The third kappa shape index (κ3) is 5.19. The van der Waals surface area contributed by atoms with Gasteiger partial charge >= 0.3 is 12.1 Å². The fraction of sp³-hybridized carbons (Fsp3) is 0.464. The smallest absolute Gasteiger partial charge is 0.407 e. The number of amides is 2. The van der Waals surface area contributed by atoms with Gasteiger partial charge in [-0.2, -0.15) is 0 Å². The van der Waals surface area contributed by atoms with Gasteiger partial charge in [0.1, 0.15) is 12.6 Å². The summed E-state index contributed by atoms with van der Waals surface area (Å²) in [5.74, 6) is -1.03. The van der Waals surface area contributed by atoms with Crippen LogP contribution in [-0.4, -0.2) is 53.7 Å². The fourth-order valence-electron chi connectivity index (χ4n) is 5.36. The lowest BCUT2D eigenvalue weighted by Gasteiger charge is -2.30. The van der Waals surface area contributed by atoms with Gasteiger partial charge in [-0.15, -0.1) is 0 Å². The molecule has 1 fully saturated rings. The minimum atomic E-state index is -1.02. The minimum absolute atomic E-state index is 0.00345. The molecule has 2 aromatic carbocycles. The summed E-state index contributed by atoms with van der Waals surface area (Å²) < 4.78 is 5.59. The van der Waals surface area contributed by atoms with E-state index in [2.05, 4.69) is 31.3 Å². The third-order valence-corrected chi connectivity index (χ3v) is 7.71. The summed E-state index contributed by atoms with van der Waals surface area (Å²) in [7, 11) is 1.72. The first kappa shape index (κ1) is 24.8. The average molecular weight is 479 g/mol. The number of alkyl carbamates (subject to hydrolysis) is 1. The summed E-state index contributed by atoms with van der Waals surface area (Å²) in [6.45, 7) is 6.47. The van der Waals surface area contributed by atoms with Gasteiger partial charge in [0.15, 0.2) is 0 Å². The maximum atomic E-state index is 13.2. The Hall–Kier alpha value is -3.35. The molecular weight excluding hydrogens is 444 g/mol. The van der Waals surface area contributed by atoms with Crippen LogP contribution in [-0.2, 0) is 14.3 Å². The normalized spacial score (nSPS) is 19.1. The van der Waals surface area contributed by atoms with Crippen LogP contribution in [0, 0.1) is 11.3 Å². The molecule has 0 aliphatic heterocycles. The molecule has 2 N–H and O–H groups in total. The van der Waals surface area contributed by atoms with Gasteiger partial charge in [0, 0.05) is 25.4 Å². The van der Waals surface area contributed by atoms with E-state index < -0.39 is 18.1 Å². The van der Waals surface area contributed by atoms with Crippen molar-refractivity contribution < 1.29 is 24.2 Å². The van der Waals surface area contributed by atoms with Gasteiger partial charge in [-0.25, -0.2) is 4.79 Å². The van der Waals surface area contributed by atoms with Crippen LogP contribution in [0.1, 0.15) is 57.1 Å². The van der Waals surface area contributed by atoms with Crippen molar-refractivity contribution in [2.45, 2.75) is 58.0 Å². The zero-order valence-corrected chi connectivity index (χ0v) is 20.8. The lowest BCUT2D eigenvalue weighted by Crippen LogP contribution is -2.50. The molecule has 7 heteroatoms. The lowest BCUT2D eigenvalue weighted by atomic mass is 9.98. The first-order chi connectivity index (χ1) is 16.6. The number of carbonyl (C=O) groups excluding carboxylic acids is 2. The first-order valence-corrected chi connectivity index (χ1v) is 12.2. The molecule has 35 heavy (non-hydrogen) atoms. The third-order valence-electron chi connectivity index (χ3n) is 7.71. The van der Waals surface area contributed by atoms with Gasteiger partial charge in [-0.3, -0.25) is 9.59 Å². The predicted octanol–water partition coefficient (Wildman–Crippen LogP) is 4.65. The number of aliphatic carboxylic acids is 1. The quantitative estimate of drug-likeness (QED) is 0.547. The number of nitrogens with one attached hydrogen (secondary N) is 1. The van der Waals surface area contributed by atoms with Crippen molar-refractivity contribution in [3.05, 3.63) is 59.7 Å². The average Bonchev–Trinajstić information content (AvgIpc) is 3.36. The Balaban J connectivity index is 1.42. The predicted molar refractivity (Wildman–Crippen MR) is 133 cm³/mol. The van der Waals surface area contributed by atoms with Crippen molar-refractivity contribution in [3.8, 4) is 11.1 Å². The number of carbonyl (C=O) groups is 3. The Labute approximate surface area is 206 Å². The first-order valence-electron chi connectivity index (χ1n) is 12.2. The summed E-state index contributed by atoms with van der Waals surface area (Å²) in [6, 6.07) is 15.2. The largest absolute Gasteiger partial charge is 0.481 e. The SMILES string of the molecule is CC(C1CC1(C)C)N(C)C(=O)C(CCC(=O)O)NC(=O)OCC1c2ccccc2-c2ccccc21. The molecule has 2 aliphatic carbocycles. The molecule has 0 spiro atoms. The minimum Gasteiger partial charge on any atom is -0.481 e. The number of fused-ring (bicyclic) bond motifs is 3. The van der Waals surface area contributed by atoms with Crippen LogP contribution in [0.25, 0.3) is 11.1 Å². The second kappa shape index (κ2) is 9.72. The van der Waals surface area contributed by atoms with Crippen LogP contribution in [0.5, 0.6) is 0 Å². The topological polar surface area (TPSA) is 95.9 Å². The van der Waals surface area contributed by atoms with E-state index in [-0.39, 0.29) is 42.7 Å². The molecule has 2 aromatic rings. The van der Waals surface area contributed by atoms with Crippen LogP contribution in [0.3, 0.4) is 0 Å². The monoisotopic (exact) mass is 478 g/mol. The summed E-state index contributed by atoms with van der Waals surface area (Å²) in [6.07, 6.45) is 0.0925.